The first kappa shape index (κ1) is 17.8. The Morgan fingerprint density at radius 2 is 2.08 bits per heavy atom. The Balaban J connectivity index is 2.14. The van der Waals surface area contributed by atoms with Crippen molar-refractivity contribution >= 4 is 23.1 Å². The third-order valence-electron chi connectivity index (χ3n) is 4.06. The molecule has 0 unspecified atom stereocenters. The van der Waals surface area contributed by atoms with Crippen LogP contribution in [-0.4, -0.2) is 63.0 Å². The number of carbonyl (C=O) groups is 1. The number of anilines is 1. The van der Waals surface area contributed by atoms with Crippen LogP contribution in [0.25, 0.3) is 11.2 Å². The fourth-order valence-electron chi connectivity index (χ4n) is 2.80. The number of hydrogen-bond donors (Lipinski definition) is 2. The monoisotopic (exact) mass is 360 g/mol. The smallest absolute Gasteiger partial charge is 0.341 e. The van der Waals surface area contributed by atoms with Crippen molar-refractivity contribution in [3.63, 3.8) is 0 Å². The lowest BCUT2D eigenvalue weighted by Crippen LogP contribution is -2.44. The Kier molecular flexibility index (Phi) is 5.09. The second-order valence-electron chi connectivity index (χ2n) is 5.77. The maximum absolute atomic E-state index is 12.8. The van der Waals surface area contributed by atoms with Crippen LogP contribution in [0.5, 0.6) is 6.01 Å². The van der Waals surface area contributed by atoms with Crippen molar-refractivity contribution in [2.75, 3.05) is 37.7 Å². The maximum atomic E-state index is 12.8. The predicted molar refractivity (Wildman–Crippen MR) is 94.4 cm³/mol. The molecule has 1 aliphatic rings. The summed E-state index contributed by atoms with van der Waals surface area (Å²) < 4.78 is 8.06. The quantitative estimate of drug-likeness (QED) is 0.655. The lowest BCUT2D eigenvalue weighted by atomic mass is 10.4. The molecule has 26 heavy (non-hydrogen) atoms. The number of nitrogens with zero attached hydrogens (tertiary/aromatic N) is 5. The summed E-state index contributed by atoms with van der Waals surface area (Å²) in [5.41, 5.74) is 0.188. The van der Waals surface area contributed by atoms with Crippen LogP contribution in [0.2, 0.25) is 0 Å². The molecular weight excluding hydrogens is 340 g/mol. The lowest BCUT2D eigenvalue weighted by molar-refractivity contribution is -0.139. The number of carboxylic acids is 1. The van der Waals surface area contributed by atoms with Gasteiger partial charge in [0.1, 0.15) is 0 Å². The molecule has 0 aliphatic carbocycles. The summed E-state index contributed by atoms with van der Waals surface area (Å²) in [6.45, 7) is 4.62. The number of aromatic nitrogens is 4. The number of hydrogen-bond acceptors (Lipinski definition) is 7. The van der Waals surface area contributed by atoms with E-state index in [0.717, 1.165) is 26.2 Å². The molecule has 2 N–H and O–H groups in total. The topological polar surface area (TPSA) is 115 Å². The molecule has 0 spiro atoms. The first-order valence-electron chi connectivity index (χ1n) is 8.20. The standard InChI is InChI=1S/C16H20N6O4/c1-3-4-7-22-12-13(18-15(22)21-8-5-17-6-9-21)19-16(20(2)14(12)25)26-10-11(23)24/h17H,5-10H2,1-2H3,(H,23,24). The molecule has 0 radical (unpaired) electrons. The van der Waals surface area contributed by atoms with Gasteiger partial charge in [0.05, 0.1) is 6.54 Å². The molecule has 0 saturated carbocycles. The van der Waals surface area contributed by atoms with E-state index >= 15 is 0 Å². The van der Waals surface area contributed by atoms with Crippen molar-refractivity contribution in [2.45, 2.75) is 13.5 Å². The Morgan fingerprint density at radius 1 is 1.35 bits per heavy atom. The molecule has 0 aromatic carbocycles. The summed E-state index contributed by atoms with van der Waals surface area (Å²) in [6.07, 6.45) is 0. The number of aliphatic carboxylic acids is 1. The fourth-order valence-corrected chi connectivity index (χ4v) is 2.80. The minimum atomic E-state index is -1.15. The van der Waals surface area contributed by atoms with E-state index in [-0.39, 0.29) is 17.2 Å². The molecule has 1 saturated heterocycles. The van der Waals surface area contributed by atoms with Crippen molar-refractivity contribution in [1.82, 2.24) is 24.4 Å². The average Bonchev–Trinajstić information content (AvgIpc) is 3.00. The molecule has 2 aromatic heterocycles. The van der Waals surface area contributed by atoms with Crippen LogP contribution >= 0.6 is 0 Å². The van der Waals surface area contributed by atoms with Crippen LogP contribution in [0, 0.1) is 11.8 Å². The van der Waals surface area contributed by atoms with E-state index in [1.54, 1.807) is 11.5 Å². The van der Waals surface area contributed by atoms with Gasteiger partial charge in [-0.15, -0.1) is 5.92 Å². The van der Waals surface area contributed by atoms with E-state index in [1.807, 2.05) is 0 Å². The van der Waals surface area contributed by atoms with Gasteiger partial charge in [-0.3, -0.25) is 13.9 Å². The van der Waals surface area contributed by atoms with Gasteiger partial charge >= 0.3 is 12.0 Å². The first-order chi connectivity index (χ1) is 12.5. The molecule has 0 atom stereocenters. The van der Waals surface area contributed by atoms with E-state index in [1.165, 1.54) is 11.6 Å². The van der Waals surface area contributed by atoms with Crippen LogP contribution in [0.15, 0.2) is 4.79 Å². The van der Waals surface area contributed by atoms with Gasteiger partial charge < -0.3 is 20.1 Å². The van der Waals surface area contributed by atoms with Crippen LogP contribution in [0.3, 0.4) is 0 Å². The molecule has 0 bridgehead atoms. The van der Waals surface area contributed by atoms with E-state index in [2.05, 4.69) is 32.0 Å². The average molecular weight is 360 g/mol. The van der Waals surface area contributed by atoms with Gasteiger partial charge in [0, 0.05) is 33.2 Å². The number of piperazine rings is 1. The zero-order valence-electron chi connectivity index (χ0n) is 14.7. The summed E-state index contributed by atoms with van der Waals surface area (Å²) >= 11 is 0. The minimum Gasteiger partial charge on any atom is -0.479 e. The molecule has 10 heteroatoms. The minimum absolute atomic E-state index is 0.0806. The Hall–Kier alpha value is -3.06. The second kappa shape index (κ2) is 7.45. The van der Waals surface area contributed by atoms with Crippen LogP contribution < -0.4 is 20.5 Å². The molecule has 0 amide bonds. The highest BCUT2D eigenvalue weighted by atomic mass is 16.5. The summed E-state index contributed by atoms with van der Waals surface area (Å²) in [5.74, 6) is 5.28. The molecule has 3 rings (SSSR count). The number of ether oxygens (including phenoxy) is 1. The highest BCUT2D eigenvalue weighted by Gasteiger charge is 2.23. The van der Waals surface area contributed by atoms with Gasteiger partial charge in [0.15, 0.2) is 17.8 Å². The normalized spacial score (nSPS) is 14.2. The Labute approximate surface area is 149 Å². The summed E-state index contributed by atoms with van der Waals surface area (Å²) in [4.78, 5) is 34.4. The second-order valence-corrected chi connectivity index (χ2v) is 5.77. The van der Waals surface area contributed by atoms with E-state index < -0.39 is 12.6 Å². The van der Waals surface area contributed by atoms with Crippen molar-refractivity contribution in [2.24, 2.45) is 7.05 Å². The SMILES string of the molecule is CC#CCn1c(N2CCNCC2)nc2nc(OCC(=O)O)n(C)c(=O)c21. The van der Waals surface area contributed by atoms with Gasteiger partial charge in [-0.1, -0.05) is 5.92 Å². The lowest BCUT2D eigenvalue weighted by Gasteiger charge is -2.28. The summed E-state index contributed by atoms with van der Waals surface area (Å²) in [7, 11) is 1.49. The van der Waals surface area contributed by atoms with Crippen LogP contribution in [0.1, 0.15) is 6.92 Å². The molecule has 10 nitrogen and oxygen atoms in total. The van der Waals surface area contributed by atoms with Gasteiger partial charge in [-0.05, 0) is 6.92 Å². The summed E-state index contributed by atoms with van der Waals surface area (Å²) in [5, 5.41) is 12.1. The van der Waals surface area contributed by atoms with E-state index in [4.69, 9.17) is 9.84 Å². The van der Waals surface area contributed by atoms with Gasteiger partial charge in [-0.25, -0.2) is 4.79 Å². The van der Waals surface area contributed by atoms with Crippen molar-refractivity contribution < 1.29 is 14.6 Å². The highest BCUT2D eigenvalue weighted by molar-refractivity contribution is 5.75. The molecule has 138 valence electrons. The largest absolute Gasteiger partial charge is 0.479 e. The summed E-state index contributed by atoms with van der Waals surface area (Å²) in [6, 6.07) is -0.0806. The maximum Gasteiger partial charge on any atom is 0.341 e. The first-order valence-corrected chi connectivity index (χ1v) is 8.20. The molecular formula is C16H20N6O4. The van der Waals surface area contributed by atoms with Crippen LogP contribution in [-0.2, 0) is 18.4 Å². The Morgan fingerprint density at radius 3 is 2.73 bits per heavy atom. The fraction of sp³-hybridized carbons (Fsp3) is 0.500. The Bertz CT molecular complexity index is 946. The molecule has 1 fully saturated rings. The van der Waals surface area contributed by atoms with Crippen molar-refractivity contribution in [1.29, 1.82) is 0 Å². The third-order valence-corrected chi connectivity index (χ3v) is 4.06. The zero-order valence-corrected chi connectivity index (χ0v) is 14.7. The number of nitrogens with one attached hydrogen (secondary N) is 1. The van der Waals surface area contributed by atoms with E-state index in [0.29, 0.717) is 18.0 Å². The molecule has 1 aliphatic heterocycles. The number of imidazole rings is 1. The van der Waals surface area contributed by atoms with Crippen molar-refractivity contribution in [3.8, 4) is 17.9 Å². The van der Waals surface area contributed by atoms with Gasteiger partial charge in [0.2, 0.25) is 5.95 Å². The molecule has 3 heterocycles. The van der Waals surface area contributed by atoms with E-state index in [9.17, 15) is 9.59 Å². The van der Waals surface area contributed by atoms with Crippen molar-refractivity contribution in [3.05, 3.63) is 10.4 Å². The third kappa shape index (κ3) is 3.34. The number of rotatable bonds is 5. The van der Waals surface area contributed by atoms with Gasteiger partial charge in [0.25, 0.3) is 5.56 Å². The predicted octanol–water partition coefficient (Wildman–Crippen LogP) is -0.974. The van der Waals surface area contributed by atoms with Gasteiger partial charge in [-0.2, -0.15) is 9.97 Å². The molecule has 2 aromatic rings. The number of carboxylic acid groups (broad SMARTS) is 1. The zero-order chi connectivity index (χ0) is 18.7. The number of fused-ring (bicyclic) bond motifs is 1. The van der Waals surface area contributed by atoms with Crippen LogP contribution in [0.4, 0.5) is 5.95 Å². The highest BCUT2D eigenvalue weighted by Crippen LogP contribution is 2.21.